The summed E-state index contributed by atoms with van der Waals surface area (Å²) in [4.78, 5) is 4.45. The maximum absolute atomic E-state index is 4.47. The lowest BCUT2D eigenvalue weighted by molar-refractivity contribution is 0.699. The van der Waals surface area contributed by atoms with Gasteiger partial charge in [-0.1, -0.05) is 30.3 Å². The highest BCUT2D eigenvalue weighted by atomic mass is 79.9. The Balaban J connectivity index is 1.84. The molecule has 3 heterocycles. The van der Waals surface area contributed by atoms with E-state index in [1.54, 1.807) is 9.20 Å². The summed E-state index contributed by atoms with van der Waals surface area (Å²) in [6.07, 6.45) is 1.84. The molecule has 0 aliphatic heterocycles. The quantitative estimate of drug-likeness (QED) is 0.543. The van der Waals surface area contributed by atoms with Gasteiger partial charge in [-0.3, -0.25) is 0 Å². The van der Waals surface area contributed by atoms with Gasteiger partial charge in [0.2, 0.25) is 0 Å². The summed E-state index contributed by atoms with van der Waals surface area (Å²) >= 11 is 3.50. The molecule has 1 aromatic carbocycles. The molecule has 0 amide bonds. The van der Waals surface area contributed by atoms with Crippen LogP contribution in [0.3, 0.4) is 0 Å². The van der Waals surface area contributed by atoms with Crippen molar-refractivity contribution in [3.8, 4) is 17.2 Å². The van der Waals surface area contributed by atoms with Crippen LogP contribution in [0.15, 0.2) is 41.0 Å². The molecule has 7 nitrogen and oxygen atoms in total. The van der Waals surface area contributed by atoms with Crippen LogP contribution in [0.4, 0.5) is 0 Å². The zero-order valence-electron chi connectivity index (χ0n) is 12.5. The first-order valence-electron chi connectivity index (χ1n) is 7.01. The fourth-order valence-electron chi connectivity index (χ4n) is 2.36. The van der Waals surface area contributed by atoms with Crippen LogP contribution in [0.2, 0.25) is 0 Å². The molecule has 0 saturated heterocycles. The summed E-state index contributed by atoms with van der Waals surface area (Å²) in [5, 5.41) is 17.2. The lowest BCUT2D eigenvalue weighted by Crippen LogP contribution is -2.09. The summed E-state index contributed by atoms with van der Waals surface area (Å²) in [5.74, 6) is 0.856. The molecule has 114 valence electrons. The molecule has 0 N–H and O–H groups in total. The number of aromatic nitrogens is 7. The fourth-order valence-corrected chi connectivity index (χ4v) is 2.61. The second kappa shape index (κ2) is 5.24. The van der Waals surface area contributed by atoms with E-state index in [0.717, 1.165) is 27.1 Å². The molecule has 0 bridgehead atoms. The second-order valence-corrected chi connectivity index (χ2v) is 5.93. The predicted molar refractivity (Wildman–Crippen MR) is 88.3 cm³/mol. The lowest BCUT2D eigenvalue weighted by Gasteiger charge is -2.00. The molecule has 0 atom stereocenters. The van der Waals surface area contributed by atoms with Crippen molar-refractivity contribution in [1.82, 2.24) is 34.6 Å². The average molecular weight is 370 g/mol. The lowest BCUT2D eigenvalue weighted by atomic mass is 10.2. The average Bonchev–Trinajstić information content (AvgIpc) is 3.12. The Labute approximate surface area is 140 Å². The third-order valence-corrected chi connectivity index (χ3v) is 4.71. The van der Waals surface area contributed by atoms with Crippen molar-refractivity contribution in [2.75, 3.05) is 0 Å². The van der Waals surface area contributed by atoms with Crippen molar-refractivity contribution in [3.05, 3.63) is 52.4 Å². The van der Waals surface area contributed by atoms with Gasteiger partial charge in [-0.05, 0) is 29.8 Å². The van der Waals surface area contributed by atoms with E-state index in [9.17, 15) is 0 Å². The van der Waals surface area contributed by atoms with Crippen molar-refractivity contribution in [2.24, 2.45) is 0 Å². The monoisotopic (exact) mass is 369 g/mol. The summed E-state index contributed by atoms with van der Waals surface area (Å²) in [6.45, 7) is 3.87. The van der Waals surface area contributed by atoms with Gasteiger partial charge in [-0.25, -0.2) is 4.98 Å². The minimum absolute atomic E-state index is 0.404. The molecule has 0 aliphatic rings. The standard InChI is InChI=1S/C15H12BrN7/c1-9-13(16)10(2)23(20-9)15-19-18-14-17-12(8-22(14)21-15)11-6-4-3-5-7-11/h3-8H,1-2H3. The molecule has 23 heavy (non-hydrogen) atoms. The molecule has 8 heteroatoms. The van der Waals surface area contributed by atoms with Gasteiger partial charge in [0.15, 0.2) is 0 Å². The SMILES string of the molecule is Cc1nn(-c2nnc3nc(-c4ccccc4)cn3n2)c(C)c1Br. The number of halogens is 1. The van der Waals surface area contributed by atoms with Gasteiger partial charge < -0.3 is 0 Å². The summed E-state index contributed by atoms with van der Waals surface area (Å²) in [7, 11) is 0. The molecule has 0 fully saturated rings. The Kier molecular flexibility index (Phi) is 3.19. The van der Waals surface area contributed by atoms with Crippen molar-refractivity contribution in [2.45, 2.75) is 13.8 Å². The summed E-state index contributed by atoms with van der Waals surface area (Å²) < 4.78 is 4.22. The van der Waals surface area contributed by atoms with Gasteiger partial charge >= 0.3 is 0 Å². The van der Waals surface area contributed by atoms with Gasteiger partial charge in [0.1, 0.15) is 0 Å². The number of hydrogen-bond donors (Lipinski definition) is 0. The number of benzene rings is 1. The van der Waals surface area contributed by atoms with Gasteiger partial charge in [0.05, 0.1) is 27.8 Å². The van der Waals surface area contributed by atoms with Crippen LogP contribution in [-0.4, -0.2) is 34.6 Å². The highest BCUT2D eigenvalue weighted by Crippen LogP contribution is 2.22. The molecule has 0 aliphatic carbocycles. The maximum atomic E-state index is 4.47. The summed E-state index contributed by atoms with van der Waals surface area (Å²) in [5.41, 5.74) is 3.61. The summed E-state index contributed by atoms with van der Waals surface area (Å²) in [6, 6.07) is 9.90. The van der Waals surface area contributed by atoms with Crippen LogP contribution in [0.5, 0.6) is 0 Å². The zero-order valence-corrected chi connectivity index (χ0v) is 14.1. The van der Waals surface area contributed by atoms with Gasteiger partial charge in [-0.15, -0.1) is 15.3 Å². The Morgan fingerprint density at radius 3 is 2.48 bits per heavy atom. The molecular formula is C15H12BrN7. The Morgan fingerprint density at radius 1 is 1.00 bits per heavy atom. The molecule has 0 spiro atoms. The van der Waals surface area contributed by atoms with Crippen molar-refractivity contribution >= 4 is 21.7 Å². The highest BCUT2D eigenvalue weighted by Gasteiger charge is 2.14. The molecule has 4 rings (SSSR count). The molecule has 3 aromatic heterocycles. The van der Waals surface area contributed by atoms with Crippen LogP contribution < -0.4 is 0 Å². The van der Waals surface area contributed by atoms with Crippen LogP contribution in [0.1, 0.15) is 11.4 Å². The van der Waals surface area contributed by atoms with E-state index in [1.807, 2.05) is 50.4 Å². The van der Waals surface area contributed by atoms with Crippen molar-refractivity contribution in [3.63, 3.8) is 0 Å². The number of fused-ring (bicyclic) bond motifs is 1. The minimum atomic E-state index is 0.404. The highest BCUT2D eigenvalue weighted by molar-refractivity contribution is 9.10. The predicted octanol–water partition coefficient (Wildman–Crippen LogP) is 2.75. The first kappa shape index (κ1) is 14.0. The second-order valence-electron chi connectivity index (χ2n) is 5.13. The van der Waals surface area contributed by atoms with E-state index in [2.05, 4.69) is 41.3 Å². The number of aryl methyl sites for hydroxylation is 1. The van der Waals surface area contributed by atoms with Crippen molar-refractivity contribution < 1.29 is 0 Å². The molecule has 0 unspecified atom stereocenters. The Morgan fingerprint density at radius 2 is 1.78 bits per heavy atom. The van der Waals surface area contributed by atoms with Crippen LogP contribution in [0, 0.1) is 13.8 Å². The number of hydrogen-bond acceptors (Lipinski definition) is 5. The van der Waals surface area contributed by atoms with Gasteiger partial charge in [-0.2, -0.15) is 14.3 Å². The molecule has 0 radical (unpaired) electrons. The van der Waals surface area contributed by atoms with Crippen LogP contribution >= 0.6 is 15.9 Å². The third kappa shape index (κ3) is 2.31. The third-order valence-electron chi connectivity index (χ3n) is 3.56. The molecule has 4 aromatic rings. The first-order valence-corrected chi connectivity index (χ1v) is 7.80. The van der Waals surface area contributed by atoms with E-state index in [1.165, 1.54) is 0 Å². The topological polar surface area (TPSA) is 73.8 Å². The van der Waals surface area contributed by atoms with E-state index in [4.69, 9.17) is 0 Å². The largest absolute Gasteiger partial charge is 0.287 e. The van der Waals surface area contributed by atoms with Gasteiger partial charge in [0.25, 0.3) is 11.7 Å². The van der Waals surface area contributed by atoms with Crippen LogP contribution in [0.25, 0.3) is 23.0 Å². The first-order chi connectivity index (χ1) is 11.1. The molecular weight excluding hydrogens is 358 g/mol. The van der Waals surface area contributed by atoms with E-state index >= 15 is 0 Å². The fraction of sp³-hybridized carbons (Fsp3) is 0.133. The smallest absolute Gasteiger partial charge is 0.208 e. The van der Waals surface area contributed by atoms with E-state index in [-0.39, 0.29) is 0 Å². The number of nitrogens with zero attached hydrogens (tertiary/aromatic N) is 7. The number of imidazole rings is 1. The molecule has 0 saturated carbocycles. The van der Waals surface area contributed by atoms with E-state index < -0.39 is 0 Å². The minimum Gasteiger partial charge on any atom is -0.208 e. The zero-order chi connectivity index (χ0) is 16.0. The van der Waals surface area contributed by atoms with Crippen LogP contribution in [-0.2, 0) is 0 Å². The Hall–Kier alpha value is -2.61. The maximum Gasteiger partial charge on any atom is 0.287 e. The van der Waals surface area contributed by atoms with E-state index in [0.29, 0.717) is 11.7 Å². The van der Waals surface area contributed by atoms with Gasteiger partial charge in [0, 0.05) is 5.56 Å². The normalized spacial score (nSPS) is 11.3. The Bertz CT molecular complexity index is 1000. The van der Waals surface area contributed by atoms with Crippen molar-refractivity contribution in [1.29, 1.82) is 0 Å². The number of rotatable bonds is 2.